The first kappa shape index (κ1) is 21.0. The predicted octanol–water partition coefficient (Wildman–Crippen LogP) is 6.18. The molecule has 0 spiro atoms. The van der Waals surface area contributed by atoms with Crippen molar-refractivity contribution in [1.82, 2.24) is 14.8 Å². The van der Waals surface area contributed by atoms with E-state index in [1.807, 2.05) is 96.5 Å². The largest absolute Gasteiger partial charge is 0.322 e. The second kappa shape index (κ2) is 9.30. The number of aromatic nitrogens is 3. The summed E-state index contributed by atoms with van der Waals surface area (Å²) in [5, 5.41) is 14.6. The van der Waals surface area contributed by atoms with Gasteiger partial charge in [-0.15, -0.1) is 10.2 Å². The van der Waals surface area contributed by atoms with Crippen LogP contribution in [0.1, 0.15) is 15.9 Å². The van der Waals surface area contributed by atoms with Crippen molar-refractivity contribution >= 4 is 34.1 Å². The number of thioether (sulfide) groups is 1. The molecule has 6 heteroatoms. The van der Waals surface area contributed by atoms with Crippen molar-refractivity contribution in [2.75, 3.05) is 5.32 Å². The Kier molecular flexibility index (Phi) is 5.91. The van der Waals surface area contributed by atoms with Crippen molar-refractivity contribution in [3.05, 3.63) is 108 Å². The normalized spacial score (nSPS) is 10.9. The van der Waals surface area contributed by atoms with Crippen molar-refractivity contribution < 1.29 is 4.79 Å². The Bertz CT molecular complexity index is 1410. The average Bonchev–Trinajstić information content (AvgIpc) is 3.23. The van der Waals surface area contributed by atoms with E-state index in [0.717, 1.165) is 38.8 Å². The van der Waals surface area contributed by atoms with E-state index in [0.29, 0.717) is 5.56 Å². The maximum Gasteiger partial charge on any atom is 0.256 e. The topological polar surface area (TPSA) is 59.8 Å². The van der Waals surface area contributed by atoms with Crippen molar-refractivity contribution in [2.24, 2.45) is 7.05 Å². The summed E-state index contributed by atoms with van der Waals surface area (Å²) in [5.41, 5.74) is 3.58. The Hall–Kier alpha value is -3.90. The number of hydrogen-bond acceptors (Lipinski definition) is 4. The van der Waals surface area contributed by atoms with Crippen LogP contribution in [0.25, 0.3) is 22.2 Å². The van der Waals surface area contributed by atoms with E-state index in [1.54, 1.807) is 11.8 Å². The Labute approximate surface area is 196 Å². The molecule has 0 aliphatic carbocycles. The first-order valence-corrected chi connectivity index (χ1v) is 11.6. The second-order valence-electron chi connectivity index (χ2n) is 7.70. The van der Waals surface area contributed by atoms with Gasteiger partial charge in [-0.3, -0.25) is 4.79 Å². The molecule has 0 bridgehead atoms. The van der Waals surface area contributed by atoms with Crippen LogP contribution < -0.4 is 5.32 Å². The van der Waals surface area contributed by atoms with E-state index in [1.165, 1.54) is 5.56 Å². The molecule has 1 aromatic heterocycles. The molecule has 5 rings (SSSR count). The SMILES string of the molecule is Cn1c(SCc2ccccc2)nnc1-c1ccc(NC(=O)c2cccc3ccccc23)cc1. The minimum absolute atomic E-state index is 0.127. The molecule has 5 nitrogen and oxygen atoms in total. The highest BCUT2D eigenvalue weighted by atomic mass is 32.2. The molecule has 0 fully saturated rings. The Morgan fingerprint density at radius 3 is 2.39 bits per heavy atom. The lowest BCUT2D eigenvalue weighted by Gasteiger charge is -2.09. The highest BCUT2D eigenvalue weighted by Crippen LogP contribution is 2.26. The molecule has 0 radical (unpaired) electrons. The summed E-state index contributed by atoms with van der Waals surface area (Å²) in [4.78, 5) is 12.9. The number of carbonyl (C=O) groups excluding carboxylic acids is 1. The van der Waals surface area contributed by atoms with Gasteiger partial charge in [-0.25, -0.2) is 0 Å². The highest BCUT2D eigenvalue weighted by Gasteiger charge is 2.13. The molecule has 0 atom stereocenters. The number of amides is 1. The fourth-order valence-electron chi connectivity index (χ4n) is 3.74. The van der Waals surface area contributed by atoms with Gasteiger partial charge in [-0.2, -0.15) is 0 Å². The quantitative estimate of drug-likeness (QED) is 0.314. The molecule has 1 N–H and O–H groups in total. The summed E-state index contributed by atoms with van der Waals surface area (Å²) in [6.07, 6.45) is 0. The monoisotopic (exact) mass is 450 g/mol. The molecule has 0 aliphatic heterocycles. The van der Waals surface area contributed by atoms with Gasteiger partial charge in [0.1, 0.15) is 0 Å². The summed E-state index contributed by atoms with van der Waals surface area (Å²) in [6.45, 7) is 0. The Morgan fingerprint density at radius 2 is 1.58 bits per heavy atom. The minimum Gasteiger partial charge on any atom is -0.322 e. The fraction of sp³-hybridized carbons (Fsp3) is 0.0741. The molecule has 33 heavy (non-hydrogen) atoms. The number of nitrogens with one attached hydrogen (secondary N) is 1. The third kappa shape index (κ3) is 4.52. The van der Waals surface area contributed by atoms with Crippen LogP contribution in [0.4, 0.5) is 5.69 Å². The molecular weight excluding hydrogens is 428 g/mol. The van der Waals surface area contributed by atoms with Crippen molar-refractivity contribution in [1.29, 1.82) is 0 Å². The number of nitrogens with zero attached hydrogens (tertiary/aromatic N) is 3. The van der Waals surface area contributed by atoms with Crippen LogP contribution in [0.5, 0.6) is 0 Å². The van der Waals surface area contributed by atoms with Gasteiger partial charge >= 0.3 is 0 Å². The summed E-state index contributed by atoms with van der Waals surface area (Å²) < 4.78 is 2.00. The molecule has 1 heterocycles. The number of fused-ring (bicyclic) bond motifs is 1. The van der Waals surface area contributed by atoms with Gasteiger partial charge in [0.2, 0.25) is 0 Å². The number of anilines is 1. The molecule has 0 saturated carbocycles. The minimum atomic E-state index is -0.127. The first-order chi connectivity index (χ1) is 16.2. The van der Waals surface area contributed by atoms with Crippen LogP contribution in [0.3, 0.4) is 0 Å². The van der Waals surface area contributed by atoms with Crippen LogP contribution in [0, 0.1) is 0 Å². The lowest BCUT2D eigenvalue weighted by molar-refractivity contribution is 0.102. The summed E-state index contributed by atoms with van der Waals surface area (Å²) in [7, 11) is 1.97. The number of rotatable bonds is 6. The zero-order valence-electron chi connectivity index (χ0n) is 18.1. The molecule has 5 aromatic rings. The van der Waals surface area contributed by atoms with Gasteiger partial charge in [-0.1, -0.05) is 78.5 Å². The molecule has 0 saturated heterocycles. The second-order valence-corrected chi connectivity index (χ2v) is 8.64. The first-order valence-electron chi connectivity index (χ1n) is 10.6. The van der Waals surface area contributed by atoms with Crippen LogP contribution >= 0.6 is 11.8 Å². The Morgan fingerprint density at radius 1 is 0.848 bits per heavy atom. The highest BCUT2D eigenvalue weighted by molar-refractivity contribution is 7.98. The van der Waals surface area contributed by atoms with Gasteiger partial charge < -0.3 is 9.88 Å². The van der Waals surface area contributed by atoms with Gasteiger partial charge in [0, 0.05) is 29.6 Å². The van der Waals surface area contributed by atoms with Crippen LogP contribution in [0.2, 0.25) is 0 Å². The van der Waals surface area contributed by atoms with Gasteiger partial charge in [-0.05, 0) is 46.7 Å². The molecule has 162 valence electrons. The van der Waals surface area contributed by atoms with Crippen molar-refractivity contribution in [2.45, 2.75) is 10.9 Å². The zero-order chi connectivity index (χ0) is 22.6. The number of benzene rings is 4. The van der Waals surface area contributed by atoms with E-state index in [-0.39, 0.29) is 5.91 Å². The molecule has 4 aromatic carbocycles. The number of hydrogen-bond donors (Lipinski definition) is 1. The number of carbonyl (C=O) groups is 1. The smallest absolute Gasteiger partial charge is 0.256 e. The third-order valence-electron chi connectivity index (χ3n) is 5.48. The van der Waals surface area contributed by atoms with E-state index in [9.17, 15) is 4.79 Å². The summed E-state index contributed by atoms with van der Waals surface area (Å²) in [6, 6.07) is 31.7. The fourth-order valence-corrected chi connectivity index (χ4v) is 4.61. The molecule has 1 amide bonds. The predicted molar refractivity (Wildman–Crippen MR) is 134 cm³/mol. The van der Waals surface area contributed by atoms with Crippen LogP contribution in [-0.4, -0.2) is 20.7 Å². The zero-order valence-corrected chi connectivity index (χ0v) is 18.9. The average molecular weight is 451 g/mol. The van der Waals surface area contributed by atoms with E-state index in [4.69, 9.17) is 0 Å². The molecular formula is C27H22N4OS. The standard InChI is InChI=1S/C27H22N4OS/c1-31-25(29-30-27(31)33-18-19-8-3-2-4-9-19)21-14-16-22(17-15-21)28-26(32)24-13-7-11-20-10-5-6-12-23(20)24/h2-17H,18H2,1H3,(H,28,32). The summed E-state index contributed by atoms with van der Waals surface area (Å²) in [5.74, 6) is 1.50. The van der Waals surface area contributed by atoms with Gasteiger partial charge in [0.25, 0.3) is 5.91 Å². The summed E-state index contributed by atoms with van der Waals surface area (Å²) >= 11 is 1.66. The van der Waals surface area contributed by atoms with Crippen molar-refractivity contribution in [3.63, 3.8) is 0 Å². The lowest BCUT2D eigenvalue weighted by atomic mass is 10.0. The lowest BCUT2D eigenvalue weighted by Crippen LogP contribution is -2.12. The maximum atomic E-state index is 12.9. The van der Waals surface area contributed by atoms with Crippen molar-refractivity contribution in [3.8, 4) is 11.4 Å². The van der Waals surface area contributed by atoms with Crippen LogP contribution in [0.15, 0.2) is 102 Å². The molecule has 0 unspecified atom stereocenters. The van der Waals surface area contributed by atoms with E-state index < -0.39 is 0 Å². The van der Waals surface area contributed by atoms with Gasteiger partial charge in [0.15, 0.2) is 11.0 Å². The van der Waals surface area contributed by atoms with Gasteiger partial charge in [0.05, 0.1) is 0 Å². The molecule has 0 aliphatic rings. The van der Waals surface area contributed by atoms with E-state index >= 15 is 0 Å². The van der Waals surface area contributed by atoms with E-state index in [2.05, 4.69) is 27.6 Å². The van der Waals surface area contributed by atoms with Crippen LogP contribution in [-0.2, 0) is 12.8 Å². The third-order valence-corrected chi connectivity index (χ3v) is 6.57. The Balaban J connectivity index is 1.30. The maximum absolute atomic E-state index is 12.9.